The number of carbonyl (C=O) groups is 3. The van der Waals surface area contributed by atoms with Crippen LogP contribution in [0.2, 0.25) is 0 Å². The number of aliphatic carboxylic acids is 1. The zero-order valence-electron chi connectivity index (χ0n) is 10.8. The highest BCUT2D eigenvalue weighted by atomic mass is 16.4. The van der Waals surface area contributed by atoms with E-state index >= 15 is 0 Å². The van der Waals surface area contributed by atoms with E-state index < -0.39 is 17.8 Å². The summed E-state index contributed by atoms with van der Waals surface area (Å²) >= 11 is 0. The van der Waals surface area contributed by atoms with Crippen LogP contribution in [0.5, 0.6) is 5.75 Å². The average Bonchev–Trinajstić information content (AvgIpc) is 2.41. The third-order valence-electron chi connectivity index (χ3n) is 2.45. The van der Waals surface area contributed by atoms with Crippen molar-refractivity contribution in [2.24, 2.45) is 0 Å². The Bertz CT molecular complexity index is 501. The lowest BCUT2D eigenvalue weighted by molar-refractivity contribution is -0.137. The van der Waals surface area contributed by atoms with Crippen LogP contribution in [-0.2, 0) is 9.59 Å². The molecule has 108 valence electrons. The summed E-state index contributed by atoms with van der Waals surface area (Å²) in [6.07, 6.45) is 0.305. The highest BCUT2D eigenvalue weighted by Crippen LogP contribution is 2.14. The maximum atomic E-state index is 11.7. The van der Waals surface area contributed by atoms with Gasteiger partial charge in [-0.1, -0.05) is 12.1 Å². The molecule has 0 unspecified atom stereocenters. The predicted octanol–water partition coefficient (Wildman–Crippen LogP) is 0.103. The predicted molar refractivity (Wildman–Crippen MR) is 70.3 cm³/mol. The van der Waals surface area contributed by atoms with E-state index in [0.717, 1.165) is 0 Å². The highest BCUT2D eigenvalue weighted by Gasteiger charge is 2.11. The molecule has 0 atom stereocenters. The quantitative estimate of drug-likeness (QED) is 0.529. The number of phenolic OH excluding ortho intramolecular Hbond substituents is 1. The third kappa shape index (κ3) is 5.38. The minimum atomic E-state index is -0.924. The second-order valence-electron chi connectivity index (χ2n) is 4.05. The van der Waals surface area contributed by atoms with Crippen molar-refractivity contribution in [2.45, 2.75) is 12.8 Å². The Morgan fingerprint density at radius 1 is 1.10 bits per heavy atom. The number of carboxylic acids is 1. The van der Waals surface area contributed by atoms with E-state index in [1.165, 1.54) is 12.1 Å². The Labute approximate surface area is 115 Å². The van der Waals surface area contributed by atoms with Gasteiger partial charge >= 0.3 is 5.97 Å². The fourth-order valence-corrected chi connectivity index (χ4v) is 1.45. The zero-order valence-corrected chi connectivity index (χ0v) is 10.8. The molecule has 7 heteroatoms. The van der Waals surface area contributed by atoms with Crippen molar-refractivity contribution >= 4 is 17.8 Å². The number of hydrogen-bond acceptors (Lipinski definition) is 4. The van der Waals surface area contributed by atoms with Gasteiger partial charge in [-0.05, 0) is 18.6 Å². The Morgan fingerprint density at radius 3 is 2.45 bits per heavy atom. The molecule has 0 heterocycles. The summed E-state index contributed by atoms with van der Waals surface area (Å²) in [5.74, 6) is -2.05. The molecule has 2 amide bonds. The van der Waals surface area contributed by atoms with Gasteiger partial charge in [-0.25, -0.2) is 0 Å². The van der Waals surface area contributed by atoms with Crippen LogP contribution >= 0.6 is 0 Å². The summed E-state index contributed by atoms with van der Waals surface area (Å²) in [4.78, 5) is 33.3. The molecule has 0 bridgehead atoms. The Balaban J connectivity index is 2.29. The maximum Gasteiger partial charge on any atom is 0.303 e. The highest BCUT2D eigenvalue weighted by molar-refractivity contribution is 5.98. The standard InChI is InChI=1S/C13H16N2O5/c16-10-5-2-1-4-9(10)13(20)15-8-11(17)14-7-3-6-12(18)19/h1-2,4-5,16H,3,6-8H2,(H,14,17)(H,15,20)(H,18,19). The fraction of sp³-hybridized carbons (Fsp3) is 0.308. The summed E-state index contributed by atoms with van der Waals surface area (Å²) in [6, 6.07) is 6.00. The number of benzene rings is 1. The van der Waals surface area contributed by atoms with Crippen LogP contribution in [-0.4, -0.2) is 41.1 Å². The number of amides is 2. The summed E-state index contributed by atoms with van der Waals surface area (Å²) in [7, 11) is 0. The van der Waals surface area contributed by atoms with Crippen molar-refractivity contribution < 1.29 is 24.6 Å². The van der Waals surface area contributed by atoms with Crippen LogP contribution in [0, 0.1) is 0 Å². The molecule has 0 radical (unpaired) electrons. The first-order valence-corrected chi connectivity index (χ1v) is 6.05. The minimum Gasteiger partial charge on any atom is -0.507 e. The molecular formula is C13H16N2O5. The maximum absolute atomic E-state index is 11.7. The van der Waals surface area contributed by atoms with Crippen molar-refractivity contribution in [3.05, 3.63) is 29.8 Å². The molecule has 0 saturated carbocycles. The van der Waals surface area contributed by atoms with Crippen LogP contribution in [0.4, 0.5) is 0 Å². The van der Waals surface area contributed by atoms with Crippen molar-refractivity contribution in [3.63, 3.8) is 0 Å². The number of carboxylic acid groups (broad SMARTS) is 1. The second-order valence-corrected chi connectivity index (χ2v) is 4.05. The van der Waals surface area contributed by atoms with Crippen molar-refractivity contribution in [1.29, 1.82) is 0 Å². The largest absolute Gasteiger partial charge is 0.507 e. The van der Waals surface area contributed by atoms with Gasteiger partial charge in [0.1, 0.15) is 5.75 Å². The van der Waals surface area contributed by atoms with Crippen LogP contribution < -0.4 is 10.6 Å². The number of rotatable bonds is 7. The van der Waals surface area contributed by atoms with E-state index in [1.54, 1.807) is 12.1 Å². The molecular weight excluding hydrogens is 264 g/mol. The molecule has 4 N–H and O–H groups in total. The average molecular weight is 280 g/mol. The summed E-state index contributed by atoms with van der Waals surface area (Å²) < 4.78 is 0. The lowest BCUT2D eigenvalue weighted by Gasteiger charge is -2.07. The summed E-state index contributed by atoms with van der Waals surface area (Å²) in [6.45, 7) is -0.00215. The Morgan fingerprint density at radius 2 is 1.80 bits per heavy atom. The van der Waals surface area contributed by atoms with Crippen LogP contribution in [0.3, 0.4) is 0 Å². The summed E-state index contributed by atoms with van der Waals surface area (Å²) in [5, 5.41) is 22.7. The molecule has 0 aliphatic heterocycles. The van der Waals surface area contributed by atoms with E-state index in [1.807, 2.05) is 0 Å². The number of aromatic hydroxyl groups is 1. The first-order valence-electron chi connectivity index (χ1n) is 6.05. The van der Waals surface area contributed by atoms with Crippen molar-refractivity contribution in [3.8, 4) is 5.75 Å². The third-order valence-corrected chi connectivity index (χ3v) is 2.45. The molecule has 0 fully saturated rings. The van der Waals surface area contributed by atoms with Gasteiger partial charge in [0.05, 0.1) is 12.1 Å². The van der Waals surface area contributed by atoms with E-state index in [-0.39, 0.29) is 30.8 Å². The monoisotopic (exact) mass is 280 g/mol. The van der Waals surface area contributed by atoms with Gasteiger partial charge in [-0.3, -0.25) is 14.4 Å². The van der Waals surface area contributed by atoms with Gasteiger partial charge in [0.15, 0.2) is 0 Å². The van der Waals surface area contributed by atoms with Gasteiger partial charge < -0.3 is 20.8 Å². The molecule has 1 aromatic carbocycles. The van der Waals surface area contributed by atoms with E-state index in [4.69, 9.17) is 5.11 Å². The van der Waals surface area contributed by atoms with Gasteiger partial charge in [0.2, 0.25) is 5.91 Å². The van der Waals surface area contributed by atoms with E-state index in [9.17, 15) is 19.5 Å². The molecule has 1 rings (SSSR count). The van der Waals surface area contributed by atoms with Gasteiger partial charge in [0.25, 0.3) is 5.91 Å². The molecule has 0 aliphatic carbocycles. The number of hydrogen-bond donors (Lipinski definition) is 4. The first kappa shape index (κ1) is 15.5. The SMILES string of the molecule is O=C(O)CCCNC(=O)CNC(=O)c1ccccc1O. The molecule has 0 aliphatic rings. The Kier molecular flexibility index (Phi) is 6.02. The zero-order chi connectivity index (χ0) is 15.0. The molecule has 0 spiro atoms. The normalized spacial score (nSPS) is 9.80. The van der Waals surface area contributed by atoms with Gasteiger partial charge in [0, 0.05) is 13.0 Å². The van der Waals surface area contributed by atoms with Crippen molar-refractivity contribution in [2.75, 3.05) is 13.1 Å². The van der Waals surface area contributed by atoms with Crippen molar-refractivity contribution in [1.82, 2.24) is 10.6 Å². The van der Waals surface area contributed by atoms with Crippen LogP contribution in [0.25, 0.3) is 0 Å². The van der Waals surface area contributed by atoms with E-state index in [2.05, 4.69) is 10.6 Å². The number of nitrogens with one attached hydrogen (secondary N) is 2. The van der Waals surface area contributed by atoms with Gasteiger partial charge in [-0.2, -0.15) is 0 Å². The molecule has 1 aromatic rings. The number of phenols is 1. The molecule has 0 aromatic heterocycles. The number of para-hydroxylation sites is 1. The summed E-state index contributed by atoms with van der Waals surface area (Å²) in [5.41, 5.74) is 0.0891. The van der Waals surface area contributed by atoms with Crippen LogP contribution in [0.15, 0.2) is 24.3 Å². The van der Waals surface area contributed by atoms with E-state index in [0.29, 0.717) is 6.42 Å². The molecule has 0 saturated heterocycles. The lowest BCUT2D eigenvalue weighted by Crippen LogP contribution is -2.37. The second kappa shape index (κ2) is 7.78. The molecule has 20 heavy (non-hydrogen) atoms. The topological polar surface area (TPSA) is 116 Å². The van der Waals surface area contributed by atoms with Crippen LogP contribution in [0.1, 0.15) is 23.2 Å². The smallest absolute Gasteiger partial charge is 0.303 e. The number of carbonyl (C=O) groups excluding carboxylic acids is 2. The Hall–Kier alpha value is -2.57. The first-order chi connectivity index (χ1) is 9.50. The van der Waals surface area contributed by atoms with Gasteiger partial charge in [-0.15, -0.1) is 0 Å². The lowest BCUT2D eigenvalue weighted by atomic mass is 10.2. The molecule has 7 nitrogen and oxygen atoms in total. The fourth-order valence-electron chi connectivity index (χ4n) is 1.45. The minimum absolute atomic E-state index is 0.0233.